The molecule has 0 spiro atoms. The van der Waals surface area contributed by atoms with Crippen LogP contribution in [0.3, 0.4) is 0 Å². The molecular weight excluding hydrogens is 318 g/mol. The largest absolute Gasteiger partial charge is 0.492 e. The lowest BCUT2D eigenvalue weighted by molar-refractivity contribution is -0.385. The topological polar surface area (TPSA) is 78.7 Å². The van der Waals surface area contributed by atoms with E-state index in [2.05, 4.69) is 20.7 Å². The van der Waals surface area contributed by atoms with E-state index in [0.717, 1.165) is 0 Å². The summed E-state index contributed by atoms with van der Waals surface area (Å²) in [6.45, 7) is 3.41. The van der Waals surface area contributed by atoms with Crippen molar-refractivity contribution in [3.63, 3.8) is 0 Å². The second-order valence-electron chi connectivity index (χ2n) is 4.57. The molecule has 6 nitrogen and oxygen atoms in total. The molecule has 0 N–H and O–H groups in total. The van der Waals surface area contributed by atoms with Gasteiger partial charge in [0.1, 0.15) is 12.4 Å². The normalized spacial score (nSPS) is 10.9. The van der Waals surface area contributed by atoms with E-state index >= 15 is 0 Å². The maximum absolute atomic E-state index is 11.5. The standard InChI is InChI=1S/C12H14BrNO5/c1-12(2,11(15)18-3)7-19-10-5-8(13)4-9(6-10)14(16)17/h4-6H,7H2,1-3H3. The number of hydrogen-bond acceptors (Lipinski definition) is 5. The average molecular weight is 332 g/mol. The van der Waals surface area contributed by atoms with Crippen molar-refractivity contribution in [3.8, 4) is 5.75 Å². The minimum absolute atomic E-state index is 0.0628. The number of methoxy groups -OCH3 is 1. The number of carbonyl (C=O) groups is 1. The van der Waals surface area contributed by atoms with Crippen LogP contribution in [-0.2, 0) is 9.53 Å². The Labute approximate surface area is 119 Å². The van der Waals surface area contributed by atoms with E-state index < -0.39 is 16.3 Å². The molecule has 0 saturated carbocycles. The summed E-state index contributed by atoms with van der Waals surface area (Å²) >= 11 is 3.17. The highest BCUT2D eigenvalue weighted by molar-refractivity contribution is 9.10. The predicted octanol–water partition coefficient (Wildman–Crippen LogP) is 2.94. The van der Waals surface area contributed by atoms with Gasteiger partial charge in [-0.2, -0.15) is 0 Å². The molecule has 0 aliphatic carbocycles. The minimum Gasteiger partial charge on any atom is -0.492 e. The van der Waals surface area contributed by atoms with Crippen LogP contribution in [0.4, 0.5) is 5.69 Å². The Bertz CT molecular complexity index is 501. The highest BCUT2D eigenvalue weighted by atomic mass is 79.9. The zero-order valence-electron chi connectivity index (χ0n) is 10.8. The molecule has 0 radical (unpaired) electrons. The first kappa shape index (κ1) is 15.4. The highest BCUT2D eigenvalue weighted by Crippen LogP contribution is 2.28. The van der Waals surface area contributed by atoms with Gasteiger partial charge in [0.05, 0.1) is 23.5 Å². The van der Waals surface area contributed by atoms with E-state index in [-0.39, 0.29) is 12.3 Å². The molecule has 1 aromatic carbocycles. The van der Waals surface area contributed by atoms with Crippen LogP contribution in [-0.4, -0.2) is 24.6 Å². The van der Waals surface area contributed by atoms with Gasteiger partial charge >= 0.3 is 5.97 Å². The van der Waals surface area contributed by atoms with Crippen molar-refractivity contribution in [2.75, 3.05) is 13.7 Å². The fourth-order valence-electron chi connectivity index (χ4n) is 1.34. The van der Waals surface area contributed by atoms with Gasteiger partial charge in [0.15, 0.2) is 0 Å². The number of nitrogens with zero attached hydrogens (tertiary/aromatic N) is 1. The van der Waals surface area contributed by atoms with E-state index in [9.17, 15) is 14.9 Å². The Morgan fingerprint density at radius 1 is 1.42 bits per heavy atom. The first-order valence-corrected chi connectivity index (χ1v) is 6.22. The monoisotopic (exact) mass is 331 g/mol. The van der Waals surface area contributed by atoms with Crippen molar-refractivity contribution in [2.45, 2.75) is 13.8 Å². The maximum Gasteiger partial charge on any atom is 0.314 e. The molecule has 0 fully saturated rings. The van der Waals surface area contributed by atoms with Gasteiger partial charge in [-0.3, -0.25) is 14.9 Å². The van der Waals surface area contributed by atoms with E-state index in [1.807, 2.05) is 0 Å². The molecule has 7 heteroatoms. The lowest BCUT2D eigenvalue weighted by Gasteiger charge is -2.21. The first-order chi connectivity index (χ1) is 8.76. The third-order valence-electron chi connectivity index (χ3n) is 2.40. The van der Waals surface area contributed by atoms with E-state index in [1.54, 1.807) is 19.9 Å². The van der Waals surface area contributed by atoms with Gasteiger partial charge < -0.3 is 9.47 Å². The van der Waals surface area contributed by atoms with Crippen LogP contribution < -0.4 is 4.74 Å². The fraction of sp³-hybridized carbons (Fsp3) is 0.417. The Morgan fingerprint density at radius 3 is 2.58 bits per heavy atom. The second kappa shape index (κ2) is 6.01. The van der Waals surface area contributed by atoms with Crippen molar-refractivity contribution < 1.29 is 19.2 Å². The van der Waals surface area contributed by atoms with Gasteiger partial charge in [0.25, 0.3) is 5.69 Å². The molecule has 1 aromatic rings. The SMILES string of the molecule is COC(=O)C(C)(C)COc1cc(Br)cc([N+](=O)[O-])c1. The minimum atomic E-state index is -0.828. The zero-order valence-corrected chi connectivity index (χ0v) is 12.4. The smallest absolute Gasteiger partial charge is 0.314 e. The van der Waals surface area contributed by atoms with E-state index in [1.165, 1.54) is 19.2 Å². The number of esters is 1. The van der Waals surface area contributed by atoms with Crippen LogP contribution in [0, 0.1) is 15.5 Å². The van der Waals surface area contributed by atoms with Crippen LogP contribution in [0.25, 0.3) is 0 Å². The van der Waals surface area contributed by atoms with Crippen LogP contribution >= 0.6 is 15.9 Å². The van der Waals surface area contributed by atoms with Crippen LogP contribution in [0.1, 0.15) is 13.8 Å². The molecular formula is C12H14BrNO5. The second-order valence-corrected chi connectivity index (χ2v) is 5.48. The number of hydrogen-bond donors (Lipinski definition) is 0. The van der Waals surface area contributed by atoms with E-state index in [0.29, 0.717) is 10.2 Å². The van der Waals surface area contributed by atoms with Gasteiger partial charge in [-0.05, 0) is 19.9 Å². The average Bonchev–Trinajstić information content (AvgIpc) is 2.34. The fourth-order valence-corrected chi connectivity index (χ4v) is 1.80. The predicted molar refractivity (Wildman–Crippen MR) is 72.1 cm³/mol. The van der Waals surface area contributed by atoms with Crippen molar-refractivity contribution in [3.05, 3.63) is 32.8 Å². The Balaban J connectivity index is 2.83. The molecule has 0 heterocycles. The van der Waals surface area contributed by atoms with Crippen LogP contribution in [0.5, 0.6) is 5.75 Å². The number of benzene rings is 1. The van der Waals surface area contributed by atoms with Crippen molar-refractivity contribution in [2.24, 2.45) is 5.41 Å². The molecule has 19 heavy (non-hydrogen) atoms. The lowest BCUT2D eigenvalue weighted by Crippen LogP contribution is -2.32. The number of rotatable bonds is 5. The molecule has 0 amide bonds. The van der Waals surface area contributed by atoms with Crippen molar-refractivity contribution in [1.29, 1.82) is 0 Å². The lowest BCUT2D eigenvalue weighted by atomic mass is 9.95. The van der Waals surface area contributed by atoms with Gasteiger partial charge in [0, 0.05) is 10.5 Å². The molecule has 0 bridgehead atoms. The molecule has 0 atom stereocenters. The summed E-state index contributed by atoms with van der Waals surface area (Å²) in [5, 5.41) is 10.7. The Hall–Kier alpha value is -1.63. The van der Waals surface area contributed by atoms with Crippen molar-refractivity contribution >= 4 is 27.6 Å². The summed E-state index contributed by atoms with van der Waals surface area (Å²) in [5.74, 6) is -0.0879. The van der Waals surface area contributed by atoms with E-state index in [4.69, 9.17) is 4.74 Å². The number of nitro groups is 1. The quantitative estimate of drug-likeness (QED) is 0.471. The number of halogens is 1. The summed E-state index contributed by atoms with van der Waals surface area (Å²) in [7, 11) is 1.30. The molecule has 104 valence electrons. The van der Waals surface area contributed by atoms with Gasteiger partial charge in [-0.25, -0.2) is 0 Å². The third kappa shape index (κ3) is 4.20. The number of non-ortho nitro benzene ring substituents is 1. The zero-order chi connectivity index (χ0) is 14.6. The summed E-state index contributed by atoms with van der Waals surface area (Å²) in [4.78, 5) is 21.7. The summed E-state index contributed by atoms with van der Waals surface area (Å²) in [5.41, 5.74) is -0.911. The number of ether oxygens (including phenoxy) is 2. The van der Waals surface area contributed by atoms with Gasteiger partial charge in [-0.1, -0.05) is 15.9 Å². The summed E-state index contributed by atoms with van der Waals surface area (Å²) in [6, 6.07) is 4.27. The molecule has 0 aliphatic heterocycles. The molecule has 1 rings (SSSR count). The summed E-state index contributed by atoms with van der Waals surface area (Å²) in [6.07, 6.45) is 0. The molecule has 0 unspecified atom stereocenters. The van der Waals surface area contributed by atoms with Gasteiger partial charge in [0.2, 0.25) is 0 Å². The molecule has 0 aliphatic rings. The number of nitro benzene ring substituents is 1. The van der Waals surface area contributed by atoms with Crippen LogP contribution in [0.15, 0.2) is 22.7 Å². The maximum atomic E-state index is 11.5. The summed E-state index contributed by atoms with van der Waals surface area (Å²) < 4.78 is 10.6. The highest BCUT2D eigenvalue weighted by Gasteiger charge is 2.30. The number of carbonyl (C=O) groups excluding carboxylic acids is 1. The van der Waals surface area contributed by atoms with Gasteiger partial charge in [-0.15, -0.1) is 0 Å². The third-order valence-corrected chi connectivity index (χ3v) is 2.86. The van der Waals surface area contributed by atoms with Crippen LogP contribution in [0.2, 0.25) is 0 Å². The first-order valence-electron chi connectivity index (χ1n) is 5.42. The molecule has 0 aromatic heterocycles. The van der Waals surface area contributed by atoms with Crippen molar-refractivity contribution in [1.82, 2.24) is 0 Å². The Morgan fingerprint density at radius 2 is 2.05 bits per heavy atom. The Kier molecular flexibility index (Phi) is 4.88. The molecule has 0 saturated heterocycles.